The number of allylic oxidation sites excluding steroid dienone is 5. The summed E-state index contributed by atoms with van der Waals surface area (Å²) in [6.07, 6.45) is 18.4. The van der Waals surface area contributed by atoms with Gasteiger partial charge in [0.2, 0.25) is 0 Å². The molecule has 0 heteroatoms. The largest absolute Gasteiger partial charge is 0.0991 e. The second-order valence-electron chi connectivity index (χ2n) is 10.8. The van der Waals surface area contributed by atoms with Crippen molar-refractivity contribution in [1.29, 1.82) is 0 Å². The van der Waals surface area contributed by atoms with Gasteiger partial charge in [0.15, 0.2) is 0 Å². The molecule has 0 nitrogen and oxygen atoms in total. The molecule has 0 saturated carbocycles. The highest BCUT2D eigenvalue weighted by Crippen LogP contribution is 2.48. The maximum absolute atomic E-state index is 4.02. The van der Waals surface area contributed by atoms with E-state index in [4.69, 9.17) is 0 Å². The molecule has 0 fully saturated rings. The number of aryl methyl sites for hydroxylation is 1. The minimum atomic E-state index is 0.338. The Morgan fingerprint density at radius 1 is 0.969 bits per heavy atom. The Kier molecular flexibility index (Phi) is 11.0. The second-order valence-corrected chi connectivity index (χ2v) is 10.8. The molecule has 0 N–H and O–H groups in total. The lowest BCUT2D eigenvalue weighted by Gasteiger charge is -2.40. The Bertz CT molecular complexity index is 756. The van der Waals surface area contributed by atoms with Crippen LogP contribution in [0.4, 0.5) is 0 Å². The molecule has 0 bridgehead atoms. The van der Waals surface area contributed by atoms with E-state index in [1.54, 1.807) is 16.7 Å². The normalized spacial score (nSPS) is 18.1. The van der Waals surface area contributed by atoms with Gasteiger partial charge in [-0.2, -0.15) is 0 Å². The van der Waals surface area contributed by atoms with E-state index in [0.29, 0.717) is 11.3 Å². The highest BCUT2D eigenvalue weighted by molar-refractivity contribution is 5.45. The van der Waals surface area contributed by atoms with Crippen LogP contribution in [0.15, 0.2) is 59.7 Å². The third-order valence-electron chi connectivity index (χ3n) is 7.77. The van der Waals surface area contributed by atoms with Crippen LogP contribution in [0.1, 0.15) is 122 Å². The molecule has 0 aliphatic heterocycles. The van der Waals surface area contributed by atoms with Crippen molar-refractivity contribution in [3.05, 3.63) is 70.8 Å². The average molecular weight is 435 g/mol. The molecule has 0 saturated heterocycles. The molecule has 1 aliphatic carbocycles. The lowest BCUT2D eigenvalue weighted by Crippen LogP contribution is -2.28. The van der Waals surface area contributed by atoms with Crippen molar-refractivity contribution in [3.8, 4) is 0 Å². The highest BCUT2D eigenvalue weighted by atomic mass is 14.4. The van der Waals surface area contributed by atoms with Crippen LogP contribution in [0.5, 0.6) is 0 Å². The number of hydrogen-bond donors (Lipinski definition) is 0. The van der Waals surface area contributed by atoms with Crippen LogP contribution in [0.3, 0.4) is 0 Å². The van der Waals surface area contributed by atoms with Gasteiger partial charge in [-0.05, 0) is 73.5 Å². The first-order valence-electron chi connectivity index (χ1n) is 13.5. The van der Waals surface area contributed by atoms with E-state index in [2.05, 4.69) is 78.5 Å². The monoisotopic (exact) mass is 434 g/mol. The molecule has 1 aromatic rings. The van der Waals surface area contributed by atoms with Gasteiger partial charge in [0, 0.05) is 5.92 Å². The molecule has 32 heavy (non-hydrogen) atoms. The smallest absolute Gasteiger partial charge is 0.00592 e. The van der Waals surface area contributed by atoms with E-state index in [9.17, 15) is 0 Å². The van der Waals surface area contributed by atoms with Crippen LogP contribution in [0.25, 0.3) is 0 Å². The third kappa shape index (κ3) is 7.23. The van der Waals surface area contributed by atoms with E-state index in [1.807, 2.05) is 6.08 Å². The Labute approximate surface area is 200 Å². The van der Waals surface area contributed by atoms with Crippen LogP contribution >= 0.6 is 0 Å². The highest BCUT2D eigenvalue weighted by Gasteiger charge is 2.34. The van der Waals surface area contributed by atoms with Crippen molar-refractivity contribution >= 4 is 0 Å². The van der Waals surface area contributed by atoms with Gasteiger partial charge < -0.3 is 0 Å². The van der Waals surface area contributed by atoms with Gasteiger partial charge in [-0.15, -0.1) is 0 Å². The van der Waals surface area contributed by atoms with Crippen LogP contribution < -0.4 is 0 Å². The molecule has 0 aromatic heterocycles. The van der Waals surface area contributed by atoms with Gasteiger partial charge in [-0.25, -0.2) is 0 Å². The summed E-state index contributed by atoms with van der Waals surface area (Å²) in [5.41, 5.74) is 8.16. The van der Waals surface area contributed by atoms with Crippen molar-refractivity contribution in [3.63, 3.8) is 0 Å². The number of hydrogen-bond acceptors (Lipinski definition) is 0. The van der Waals surface area contributed by atoms with Crippen LogP contribution in [-0.4, -0.2) is 0 Å². The molecule has 0 radical (unpaired) electrons. The molecule has 1 aromatic carbocycles. The summed E-state index contributed by atoms with van der Waals surface area (Å²) in [6.45, 7) is 18.4. The zero-order valence-electron chi connectivity index (χ0n) is 22.1. The summed E-state index contributed by atoms with van der Waals surface area (Å²) in [4.78, 5) is 0. The van der Waals surface area contributed by atoms with E-state index in [-0.39, 0.29) is 0 Å². The van der Waals surface area contributed by atoms with Gasteiger partial charge in [0.05, 0.1) is 0 Å². The Morgan fingerprint density at radius 3 is 2.28 bits per heavy atom. The predicted octanol–water partition coefficient (Wildman–Crippen LogP) is 10.5. The number of rotatable bonds is 13. The van der Waals surface area contributed by atoms with Crippen molar-refractivity contribution in [2.45, 2.75) is 118 Å². The number of unbranched alkanes of at least 4 members (excludes halogenated alkanes) is 1. The van der Waals surface area contributed by atoms with Crippen molar-refractivity contribution in [1.82, 2.24) is 0 Å². The van der Waals surface area contributed by atoms with Gasteiger partial charge in [0.1, 0.15) is 0 Å². The SMILES string of the molecule is C=C/C=C1/CCCC(C(CC(C)(C)C(CCC)CCCC)c2ccc(C)cc2)=C1CCC. The minimum absolute atomic E-state index is 0.338. The van der Waals surface area contributed by atoms with Gasteiger partial charge in [-0.1, -0.05) is 121 Å². The van der Waals surface area contributed by atoms with Gasteiger partial charge >= 0.3 is 0 Å². The summed E-state index contributed by atoms with van der Waals surface area (Å²) in [5, 5.41) is 0. The fourth-order valence-electron chi connectivity index (χ4n) is 5.92. The minimum Gasteiger partial charge on any atom is -0.0991 e. The predicted molar refractivity (Wildman–Crippen MR) is 144 cm³/mol. The van der Waals surface area contributed by atoms with E-state index < -0.39 is 0 Å². The Balaban J connectivity index is 2.54. The summed E-state index contributed by atoms with van der Waals surface area (Å²) >= 11 is 0. The molecule has 2 rings (SSSR count). The van der Waals surface area contributed by atoms with Crippen molar-refractivity contribution < 1.29 is 0 Å². The van der Waals surface area contributed by atoms with Crippen LogP contribution in [0, 0.1) is 18.3 Å². The fraction of sp³-hybridized carbons (Fsp3) is 0.625. The zero-order chi connectivity index (χ0) is 23.6. The summed E-state index contributed by atoms with van der Waals surface area (Å²) < 4.78 is 0. The van der Waals surface area contributed by atoms with Crippen LogP contribution in [-0.2, 0) is 0 Å². The van der Waals surface area contributed by atoms with Crippen molar-refractivity contribution in [2.24, 2.45) is 11.3 Å². The van der Waals surface area contributed by atoms with Gasteiger partial charge in [0.25, 0.3) is 0 Å². The quantitative estimate of drug-likeness (QED) is 0.289. The molecule has 0 spiro atoms. The van der Waals surface area contributed by atoms with Gasteiger partial charge in [-0.3, -0.25) is 0 Å². The molecular formula is C32H50. The summed E-state index contributed by atoms with van der Waals surface area (Å²) in [6, 6.07) is 9.47. The van der Waals surface area contributed by atoms with E-state index >= 15 is 0 Å². The number of benzene rings is 1. The average Bonchev–Trinajstić information content (AvgIpc) is 2.77. The van der Waals surface area contributed by atoms with Crippen LogP contribution in [0.2, 0.25) is 0 Å². The first kappa shape index (κ1) is 26.7. The first-order chi connectivity index (χ1) is 15.4. The Morgan fingerprint density at radius 2 is 1.69 bits per heavy atom. The summed E-state index contributed by atoms with van der Waals surface area (Å²) in [5.74, 6) is 1.34. The zero-order valence-corrected chi connectivity index (χ0v) is 22.1. The molecule has 2 atom stereocenters. The molecule has 0 heterocycles. The topological polar surface area (TPSA) is 0 Å². The molecular weight excluding hydrogens is 384 g/mol. The lowest BCUT2D eigenvalue weighted by molar-refractivity contribution is 0.158. The molecule has 2 unspecified atom stereocenters. The molecule has 178 valence electrons. The Hall–Kier alpha value is -1.56. The summed E-state index contributed by atoms with van der Waals surface area (Å²) in [7, 11) is 0. The van der Waals surface area contributed by atoms with E-state index in [0.717, 1.165) is 5.92 Å². The standard InChI is InChI=1S/C32H50/c1-8-12-18-28(15-10-3)32(6,7)24-31(27-22-20-25(5)21-23-27)30-19-13-17-26(14-9-2)29(30)16-11-4/h9,14,20-23,28,31H,2,8,10-13,15-19,24H2,1,3-7H3/b26-14-. The maximum Gasteiger partial charge on any atom is 0.00592 e. The molecule has 1 aliphatic rings. The molecule has 0 amide bonds. The maximum atomic E-state index is 4.02. The van der Waals surface area contributed by atoms with Crippen molar-refractivity contribution in [2.75, 3.05) is 0 Å². The lowest BCUT2D eigenvalue weighted by atomic mass is 9.65. The first-order valence-corrected chi connectivity index (χ1v) is 13.5. The third-order valence-corrected chi connectivity index (χ3v) is 7.77. The second kappa shape index (κ2) is 13.2. The fourth-order valence-corrected chi connectivity index (χ4v) is 5.92. The van der Waals surface area contributed by atoms with E-state index in [1.165, 1.54) is 81.8 Å².